The van der Waals surface area contributed by atoms with Crippen LogP contribution in [0.3, 0.4) is 0 Å². The van der Waals surface area contributed by atoms with Crippen molar-refractivity contribution in [3.8, 4) is 0 Å². The molecule has 27 heavy (non-hydrogen) atoms. The van der Waals surface area contributed by atoms with Gasteiger partial charge in [0.25, 0.3) is 5.91 Å². The van der Waals surface area contributed by atoms with Crippen molar-refractivity contribution < 1.29 is 23.9 Å². The third-order valence-corrected chi connectivity index (χ3v) is 5.97. The number of cyclic esters (lactones) is 1. The Bertz CT molecular complexity index is 967. The standard InChI is InChI=1S/C19H18ClNO5S/c1-9-10(2)27-15(14(9)17(23)25-4)21-18(24)19(3)8-11-7-12(20)5-6-13(11)16(22)26-19/h5-7H,8H2,1-4H3,(H,21,24). The molecule has 0 saturated carbocycles. The van der Waals surface area contributed by atoms with Crippen molar-refractivity contribution in [2.75, 3.05) is 12.4 Å². The first kappa shape index (κ1) is 19.4. The van der Waals surface area contributed by atoms with Crippen LogP contribution in [0.5, 0.6) is 0 Å². The molecule has 2 heterocycles. The second-order valence-electron chi connectivity index (χ2n) is 6.53. The van der Waals surface area contributed by atoms with Crippen molar-refractivity contribution in [1.82, 2.24) is 0 Å². The van der Waals surface area contributed by atoms with E-state index < -0.39 is 23.4 Å². The average Bonchev–Trinajstić information content (AvgIpc) is 2.87. The molecule has 0 spiro atoms. The van der Waals surface area contributed by atoms with Gasteiger partial charge in [0.05, 0.1) is 18.2 Å². The highest BCUT2D eigenvalue weighted by molar-refractivity contribution is 7.16. The van der Waals surface area contributed by atoms with Crippen LogP contribution in [0, 0.1) is 13.8 Å². The molecular formula is C19H18ClNO5S. The van der Waals surface area contributed by atoms with Crippen molar-refractivity contribution in [2.45, 2.75) is 32.8 Å². The molecule has 0 bridgehead atoms. The number of nitrogens with one attached hydrogen (secondary N) is 1. The Morgan fingerprint density at radius 2 is 2.04 bits per heavy atom. The highest BCUT2D eigenvalue weighted by Gasteiger charge is 2.43. The molecule has 1 amide bonds. The zero-order valence-corrected chi connectivity index (χ0v) is 16.8. The van der Waals surface area contributed by atoms with E-state index in [1.165, 1.54) is 25.4 Å². The van der Waals surface area contributed by atoms with E-state index in [1.54, 1.807) is 25.1 Å². The number of aryl methyl sites for hydroxylation is 1. The van der Waals surface area contributed by atoms with Gasteiger partial charge < -0.3 is 14.8 Å². The Morgan fingerprint density at radius 1 is 1.33 bits per heavy atom. The Kier molecular flexibility index (Phi) is 5.01. The largest absolute Gasteiger partial charge is 0.465 e. The van der Waals surface area contributed by atoms with E-state index in [-0.39, 0.29) is 6.42 Å². The Balaban J connectivity index is 1.92. The fourth-order valence-electron chi connectivity index (χ4n) is 2.99. The number of carbonyl (C=O) groups is 3. The molecule has 1 aromatic carbocycles. The van der Waals surface area contributed by atoms with E-state index in [4.69, 9.17) is 21.1 Å². The van der Waals surface area contributed by atoms with E-state index in [0.29, 0.717) is 26.7 Å². The zero-order valence-electron chi connectivity index (χ0n) is 15.3. The van der Waals surface area contributed by atoms with Crippen LogP contribution in [0.15, 0.2) is 18.2 Å². The van der Waals surface area contributed by atoms with Gasteiger partial charge in [-0.1, -0.05) is 11.6 Å². The Labute approximate surface area is 165 Å². The van der Waals surface area contributed by atoms with Gasteiger partial charge in [-0.2, -0.15) is 0 Å². The van der Waals surface area contributed by atoms with Crippen LogP contribution in [0.1, 0.15) is 43.6 Å². The number of carbonyl (C=O) groups excluding carboxylic acids is 3. The van der Waals surface area contributed by atoms with Crippen molar-refractivity contribution in [1.29, 1.82) is 0 Å². The number of thiophene rings is 1. The van der Waals surface area contributed by atoms with Crippen molar-refractivity contribution in [3.63, 3.8) is 0 Å². The SMILES string of the molecule is COC(=O)c1c(NC(=O)C2(C)Cc3cc(Cl)ccc3C(=O)O2)sc(C)c1C. The Hall–Kier alpha value is -2.38. The summed E-state index contributed by atoms with van der Waals surface area (Å²) >= 11 is 7.29. The minimum absolute atomic E-state index is 0.178. The summed E-state index contributed by atoms with van der Waals surface area (Å²) in [5, 5.41) is 3.58. The molecule has 2 aromatic rings. The number of rotatable bonds is 3. The topological polar surface area (TPSA) is 81.7 Å². The third-order valence-electron chi connectivity index (χ3n) is 4.62. The molecule has 0 saturated heterocycles. The van der Waals surface area contributed by atoms with Crippen LogP contribution in [-0.4, -0.2) is 30.6 Å². The summed E-state index contributed by atoms with van der Waals surface area (Å²) in [7, 11) is 1.28. The summed E-state index contributed by atoms with van der Waals surface area (Å²) in [6, 6.07) is 4.84. The van der Waals surface area contributed by atoms with Crippen LogP contribution in [0.25, 0.3) is 0 Å². The van der Waals surface area contributed by atoms with E-state index in [9.17, 15) is 14.4 Å². The molecule has 8 heteroatoms. The van der Waals surface area contributed by atoms with Gasteiger partial charge in [-0.05, 0) is 50.1 Å². The molecule has 1 aliphatic rings. The molecule has 6 nitrogen and oxygen atoms in total. The van der Waals surface area contributed by atoms with Crippen LogP contribution in [0.2, 0.25) is 5.02 Å². The van der Waals surface area contributed by atoms with Gasteiger partial charge in [0, 0.05) is 16.3 Å². The lowest BCUT2D eigenvalue weighted by Crippen LogP contribution is -2.49. The van der Waals surface area contributed by atoms with Crippen molar-refractivity contribution in [3.05, 3.63) is 50.4 Å². The predicted octanol–water partition coefficient (Wildman–Crippen LogP) is 3.92. The summed E-state index contributed by atoms with van der Waals surface area (Å²) in [4.78, 5) is 38.3. The van der Waals surface area contributed by atoms with Crippen LogP contribution >= 0.6 is 22.9 Å². The van der Waals surface area contributed by atoms with E-state index in [0.717, 1.165) is 10.4 Å². The number of amides is 1. The third kappa shape index (κ3) is 3.44. The highest BCUT2D eigenvalue weighted by Crippen LogP contribution is 2.35. The number of hydrogen-bond donors (Lipinski definition) is 1. The lowest BCUT2D eigenvalue weighted by atomic mass is 9.89. The number of halogens is 1. The van der Waals surface area contributed by atoms with Crippen LogP contribution < -0.4 is 5.32 Å². The summed E-state index contributed by atoms with van der Waals surface area (Å²) in [6.45, 7) is 5.17. The molecular weight excluding hydrogens is 390 g/mol. The monoisotopic (exact) mass is 407 g/mol. The maximum absolute atomic E-state index is 12.9. The van der Waals surface area contributed by atoms with E-state index in [2.05, 4.69) is 5.32 Å². The minimum atomic E-state index is -1.42. The average molecular weight is 408 g/mol. The normalized spacial score (nSPS) is 18.5. The van der Waals surface area contributed by atoms with Gasteiger partial charge in [0.2, 0.25) is 0 Å². The van der Waals surface area contributed by atoms with Crippen molar-refractivity contribution in [2.24, 2.45) is 0 Å². The second-order valence-corrected chi connectivity index (χ2v) is 8.19. The van der Waals surface area contributed by atoms with Gasteiger partial charge in [-0.15, -0.1) is 11.3 Å². The molecule has 1 aliphatic heterocycles. The molecule has 3 rings (SSSR count). The van der Waals surface area contributed by atoms with Gasteiger partial charge in [0.15, 0.2) is 5.60 Å². The summed E-state index contributed by atoms with van der Waals surface area (Å²) in [5.74, 6) is -1.64. The summed E-state index contributed by atoms with van der Waals surface area (Å²) in [5.41, 5.74) is 0.659. The first-order valence-electron chi connectivity index (χ1n) is 8.18. The molecule has 1 atom stereocenters. The summed E-state index contributed by atoms with van der Waals surface area (Å²) in [6.07, 6.45) is 0.178. The van der Waals surface area contributed by atoms with Crippen molar-refractivity contribution >= 4 is 45.8 Å². The fourth-order valence-corrected chi connectivity index (χ4v) is 4.23. The lowest BCUT2D eigenvalue weighted by molar-refractivity contribution is -0.134. The maximum atomic E-state index is 12.9. The molecule has 0 radical (unpaired) electrons. The number of esters is 2. The zero-order chi connectivity index (χ0) is 19.9. The molecule has 1 unspecified atom stereocenters. The van der Waals surface area contributed by atoms with Gasteiger partial charge >= 0.3 is 11.9 Å². The first-order chi connectivity index (χ1) is 12.7. The predicted molar refractivity (Wildman–Crippen MR) is 103 cm³/mol. The van der Waals surface area contributed by atoms with E-state index >= 15 is 0 Å². The quantitative estimate of drug-likeness (QED) is 0.780. The smallest absolute Gasteiger partial charge is 0.341 e. The number of hydrogen-bond acceptors (Lipinski definition) is 6. The number of benzene rings is 1. The van der Waals surface area contributed by atoms with Crippen LogP contribution in [0.4, 0.5) is 5.00 Å². The molecule has 142 valence electrons. The summed E-state index contributed by atoms with van der Waals surface area (Å²) < 4.78 is 10.2. The van der Waals surface area contributed by atoms with Gasteiger partial charge in [0.1, 0.15) is 5.00 Å². The van der Waals surface area contributed by atoms with Gasteiger partial charge in [-0.3, -0.25) is 4.79 Å². The first-order valence-corrected chi connectivity index (χ1v) is 9.37. The molecule has 1 N–H and O–H groups in total. The fraction of sp³-hybridized carbons (Fsp3) is 0.316. The lowest BCUT2D eigenvalue weighted by Gasteiger charge is -2.33. The number of ether oxygens (including phenoxy) is 2. The second kappa shape index (κ2) is 6.98. The highest BCUT2D eigenvalue weighted by atomic mass is 35.5. The number of fused-ring (bicyclic) bond motifs is 1. The number of methoxy groups -OCH3 is 1. The van der Waals surface area contributed by atoms with Crippen LogP contribution in [-0.2, 0) is 20.7 Å². The Morgan fingerprint density at radius 3 is 2.70 bits per heavy atom. The van der Waals surface area contributed by atoms with Gasteiger partial charge in [-0.25, -0.2) is 9.59 Å². The minimum Gasteiger partial charge on any atom is -0.465 e. The maximum Gasteiger partial charge on any atom is 0.341 e. The molecule has 0 fully saturated rings. The molecule has 0 aliphatic carbocycles. The van der Waals surface area contributed by atoms with E-state index in [1.807, 2.05) is 6.92 Å². The molecule has 1 aromatic heterocycles. The number of anilines is 1.